The number of nitrogens with one attached hydrogen (secondary N) is 3. The second kappa shape index (κ2) is 16.3. The van der Waals surface area contributed by atoms with E-state index < -0.39 is 53.0 Å². The van der Waals surface area contributed by atoms with E-state index in [1.54, 1.807) is 24.3 Å². The minimum Gasteiger partial charge on any atom is -0.488 e. The largest absolute Gasteiger partial charge is 0.488 e. The molecule has 59 heavy (non-hydrogen) atoms. The number of methoxy groups -OCH3 is 1. The normalized spacial score (nSPS) is 26.1. The van der Waals surface area contributed by atoms with Gasteiger partial charge in [-0.05, 0) is 68.9 Å². The van der Waals surface area contributed by atoms with Crippen molar-refractivity contribution in [2.75, 3.05) is 25.6 Å². The Kier molecular flexibility index (Phi) is 11.6. The third kappa shape index (κ3) is 8.68. The zero-order valence-corrected chi connectivity index (χ0v) is 34.8. The monoisotopic (exact) mass is 834 g/mol. The van der Waals surface area contributed by atoms with Crippen LogP contribution in [-0.2, 0) is 28.7 Å². The second-order valence-electron chi connectivity index (χ2n) is 17.3. The summed E-state index contributed by atoms with van der Waals surface area (Å²) in [7, 11) is 1.24. The van der Waals surface area contributed by atoms with Crippen LogP contribution in [0.15, 0.2) is 41.5 Å². The lowest BCUT2D eigenvalue weighted by Gasteiger charge is -2.35. The highest BCUT2D eigenvalue weighted by Gasteiger charge is 2.62. The molecule has 3 amide bonds. The molecule has 3 saturated carbocycles. The number of anilines is 1. The number of oxazole rings is 1. The van der Waals surface area contributed by atoms with Crippen LogP contribution in [0.25, 0.3) is 22.3 Å². The van der Waals surface area contributed by atoms with E-state index in [1.165, 1.54) is 18.3 Å². The van der Waals surface area contributed by atoms with Gasteiger partial charge < -0.3 is 44.2 Å². The molecule has 0 radical (unpaired) electrons. The molecular formula is C42H51ClN6O10. The number of benzene rings is 1. The number of amides is 3. The van der Waals surface area contributed by atoms with Gasteiger partial charge in [0.25, 0.3) is 6.01 Å². The van der Waals surface area contributed by atoms with E-state index in [-0.39, 0.29) is 66.4 Å². The van der Waals surface area contributed by atoms with Gasteiger partial charge in [-0.3, -0.25) is 14.4 Å². The first-order valence-corrected chi connectivity index (χ1v) is 20.3. The number of hydrogen-bond acceptors (Lipinski definition) is 13. The number of aldehydes is 1. The second-order valence-corrected chi connectivity index (χ2v) is 17.7. The Balaban J connectivity index is 1.22. The first-order chi connectivity index (χ1) is 28.0. The predicted molar refractivity (Wildman–Crippen MR) is 216 cm³/mol. The molecule has 8 atom stereocenters. The van der Waals surface area contributed by atoms with Crippen LogP contribution in [0.1, 0.15) is 66.7 Å². The van der Waals surface area contributed by atoms with Gasteiger partial charge in [0, 0.05) is 29.8 Å². The van der Waals surface area contributed by atoms with Crippen LogP contribution in [0.2, 0.25) is 5.02 Å². The van der Waals surface area contributed by atoms with Crippen molar-refractivity contribution < 1.29 is 47.3 Å². The fourth-order valence-corrected chi connectivity index (χ4v) is 8.55. The maximum absolute atomic E-state index is 14.7. The van der Waals surface area contributed by atoms with Crippen molar-refractivity contribution in [3.05, 3.63) is 42.1 Å². The molecule has 0 spiro atoms. The highest BCUT2D eigenvalue weighted by Crippen LogP contribution is 2.52. The number of carbonyl (C=O) groups is 5. The first-order valence-electron chi connectivity index (χ1n) is 19.9. The summed E-state index contributed by atoms with van der Waals surface area (Å²) in [5.41, 5.74) is -1.15. The summed E-state index contributed by atoms with van der Waals surface area (Å²) >= 11 is 6.83. The molecule has 2 unspecified atom stereocenters. The minimum absolute atomic E-state index is 0.0135. The van der Waals surface area contributed by atoms with Crippen molar-refractivity contribution >= 4 is 58.7 Å². The molecule has 4 fully saturated rings. The van der Waals surface area contributed by atoms with E-state index in [0.29, 0.717) is 40.6 Å². The molecule has 4 aliphatic rings. The Hall–Kier alpha value is -5.38. The summed E-state index contributed by atoms with van der Waals surface area (Å²) in [6.45, 7) is 12.8. The molecule has 3 heterocycles. The van der Waals surface area contributed by atoms with Gasteiger partial charge in [-0.2, -0.15) is 4.98 Å². The van der Waals surface area contributed by atoms with Gasteiger partial charge in [0.1, 0.15) is 64.9 Å². The van der Waals surface area contributed by atoms with Crippen LogP contribution in [0.4, 0.5) is 10.8 Å². The Morgan fingerprint density at radius 2 is 1.81 bits per heavy atom. The quantitative estimate of drug-likeness (QED) is 0.0991. The van der Waals surface area contributed by atoms with Crippen molar-refractivity contribution in [1.82, 2.24) is 25.5 Å². The van der Waals surface area contributed by atoms with Crippen molar-refractivity contribution in [2.24, 2.45) is 23.2 Å². The molecule has 3 aliphatic carbocycles. The lowest BCUT2D eigenvalue weighted by Crippen LogP contribution is -2.59. The number of pyridine rings is 1. The highest BCUT2D eigenvalue weighted by atomic mass is 35.5. The smallest absolute Gasteiger partial charge is 0.408 e. The lowest BCUT2D eigenvalue weighted by atomic mass is 9.85. The van der Waals surface area contributed by atoms with Crippen molar-refractivity contribution in [3.63, 3.8) is 0 Å². The van der Waals surface area contributed by atoms with Gasteiger partial charge in [0.2, 0.25) is 11.8 Å². The molecule has 17 heteroatoms. The fourth-order valence-electron chi connectivity index (χ4n) is 8.29. The maximum Gasteiger partial charge on any atom is 0.408 e. The summed E-state index contributed by atoms with van der Waals surface area (Å²) in [4.78, 5) is 77.2. The summed E-state index contributed by atoms with van der Waals surface area (Å²) in [5, 5.41) is 9.40. The van der Waals surface area contributed by atoms with Crippen LogP contribution < -0.4 is 25.4 Å². The summed E-state index contributed by atoms with van der Waals surface area (Å²) in [6.07, 6.45) is 5.02. The van der Waals surface area contributed by atoms with Crippen molar-refractivity contribution in [2.45, 2.75) is 103 Å². The number of rotatable bonds is 15. The van der Waals surface area contributed by atoms with E-state index in [2.05, 4.69) is 27.5 Å². The SMILES string of the molecule is C=C[C@@H]1CC1(NC(=O)[C@@H]1CC(Oc2cc(-c3coc(NC(C)C)n3)nc3c(Cl)c(OCC=O)ccc23)CN1C(=O)[C@@H](NC(=O)O[C@@H]1C[C@@H]2C[C@@H]2C1)C(C)(C)C)C(=O)OC. The number of aromatic nitrogens is 2. The third-order valence-electron chi connectivity index (χ3n) is 11.5. The van der Waals surface area contributed by atoms with E-state index in [1.807, 2.05) is 34.6 Å². The molecular weight excluding hydrogens is 784 g/mol. The minimum atomic E-state index is -1.33. The standard InChI is InChI=1S/C42H51ClN6O10/c1-8-24-18-42(24,38(53)55-7)48-36(51)30-16-26(19-49(30)37(52)35(41(4,5)6)47-40(54)59-25-14-22-13-23(22)15-25)58-32-17-28(29-20-57-39(46-29)44-21(2)3)45-34-27(32)9-10-31(33(34)43)56-12-11-50/h8-11,17,20-26,30,35H,1,12-16,18-19H2,2-7H3,(H,44,46)(H,47,54)(H,48,51)/t22-,23+,24-,25+,26?,30+,35-,42?/m1/s1. The van der Waals surface area contributed by atoms with Crippen LogP contribution in [0, 0.1) is 23.2 Å². The average Bonchev–Trinajstić information content (AvgIpc) is 3.85. The predicted octanol–water partition coefficient (Wildman–Crippen LogP) is 5.46. The van der Waals surface area contributed by atoms with Crippen molar-refractivity contribution in [1.29, 1.82) is 0 Å². The molecule has 16 nitrogen and oxygen atoms in total. The van der Waals surface area contributed by atoms with Crippen LogP contribution in [-0.4, -0.2) is 101 Å². The number of nitrogens with zero attached hydrogens (tertiary/aromatic N) is 3. The number of ether oxygens (including phenoxy) is 4. The van der Waals surface area contributed by atoms with E-state index >= 15 is 0 Å². The van der Waals surface area contributed by atoms with Gasteiger partial charge in [0.15, 0.2) is 6.29 Å². The molecule has 2 aromatic heterocycles. The van der Waals surface area contributed by atoms with E-state index in [9.17, 15) is 24.0 Å². The van der Waals surface area contributed by atoms with Crippen LogP contribution >= 0.6 is 11.6 Å². The molecule has 0 bridgehead atoms. The topological polar surface area (TPSA) is 201 Å². The summed E-state index contributed by atoms with van der Waals surface area (Å²) in [6, 6.07) is 3.04. The lowest BCUT2D eigenvalue weighted by molar-refractivity contribution is -0.148. The number of halogens is 1. The molecule has 3 N–H and O–H groups in total. The average molecular weight is 835 g/mol. The summed E-state index contributed by atoms with van der Waals surface area (Å²) < 4.78 is 28.7. The molecule has 3 aromatic rings. The number of fused-ring (bicyclic) bond motifs is 2. The fraction of sp³-hybridized carbons (Fsp3) is 0.548. The summed E-state index contributed by atoms with van der Waals surface area (Å²) in [5.74, 6) is -0.393. The first kappa shape index (κ1) is 41.8. The van der Waals surface area contributed by atoms with Gasteiger partial charge >= 0.3 is 12.1 Å². The van der Waals surface area contributed by atoms with Gasteiger partial charge in [-0.1, -0.05) is 38.4 Å². The van der Waals surface area contributed by atoms with Crippen LogP contribution in [0.3, 0.4) is 0 Å². The third-order valence-corrected chi connectivity index (χ3v) is 11.9. The van der Waals surface area contributed by atoms with Gasteiger partial charge in [-0.25, -0.2) is 14.6 Å². The Morgan fingerprint density at radius 3 is 2.46 bits per heavy atom. The van der Waals surface area contributed by atoms with Crippen molar-refractivity contribution in [3.8, 4) is 22.9 Å². The van der Waals surface area contributed by atoms with E-state index in [4.69, 9.17) is 39.9 Å². The molecule has 7 rings (SSSR count). The zero-order chi connectivity index (χ0) is 42.4. The Bertz CT molecular complexity index is 2140. The molecule has 1 saturated heterocycles. The highest BCUT2D eigenvalue weighted by molar-refractivity contribution is 6.36. The number of hydrogen-bond donors (Lipinski definition) is 3. The van der Waals surface area contributed by atoms with Gasteiger partial charge in [-0.15, -0.1) is 6.58 Å². The molecule has 1 aliphatic heterocycles. The number of likely N-dealkylation sites (tertiary alicyclic amines) is 1. The van der Waals surface area contributed by atoms with Gasteiger partial charge in [0.05, 0.1) is 24.9 Å². The number of alkyl carbamates (subject to hydrolysis) is 1. The molecule has 316 valence electrons. The van der Waals surface area contributed by atoms with Crippen LogP contribution in [0.5, 0.6) is 11.5 Å². The Morgan fingerprint density at radius 1 is 1.07 bits per heavy atom. The zero-order valence-electron chi connectivity index (χ0n) is 34.0. The number of esters is 1. The van der Waals surface area contributed by atoms with E-state index in [0.717, 1.165) is 19.3 Å². The Labute approximate surface area is 347 Å². The molecule has 1 aromatic carbocycles. The maximum atomic E-state index is 14.7. The number of carbonyl (C=O) groups excluding carboxylic acids is 5.